The molecule has 2 heterocycles. The predicted molar refractivity (Wildman–Crippen MR) is 73.8 cm³/mol. The van der Waals surface area contributed by atoms with E-state index in [0.717, 1.165) is 25.9 Å². The fourth-order valence-electron chi connectivity index (χ4n) is 2.22. The molecule has 2 rings (SSSR count). The number of piperidine rings is 1. The Hall–Kier alpha value is -1.47. The molecule has 0 spiro atoms. The van der Waals surface area contributed by atoms with Crippen molar-refractivity contribution in [2.75, 3.05) is 37.8 Å². The fourth-order valence-corrected chi connectivity index (χ4v) is 2.22. The maximum atomic E-state index is 9.55. The molecule has 19 heavy (non-hydrogen) atoms. The van der Waals surface area contributed by atoms with Crippen molar-refractivity contribution in [3.05, 3.63) is 5.82 Å². The van der Waals surface area contributed by atoms with Gasteiger partial charge < -0.3 is 15.7 Å². The summed E-state index contributed by atoms with van der Waals surface area (Å²) in [4.78, 5) is 16.9. The van der Waals surface area contributed by atoms with E-state index in [-0.39, 0.29) is 18.1 Å². The molecule has 106 valence electrons. The highest BCUT2D eigenvalue weighted by atomic mass is 16.3. The van der Waals surface area contributed by atoms with E-state index in [2.05, 4.69) is 26.8 Å². The van der Waals surface area contributed by atoms with Gasteiger partial charge in [0.1, 0.15) is 0 Å². The molecule has 1 aromatic heterocycles. The number of nitrogen functional groups attached to an aromatic ring is 1. The van der Waals surface area contributed by atoms with Gasteiger partial charge in [0.25, 0.3) is 0 Å². The molecule has 1 aliphatic heterocycles. The van der Waals surface area contributed by atoms with Crippen molar-refractivity contribution in [2.45, 2.75) is 31.9 Å². The first-order valence-corrected chi connectivity index (χ1v) is 6.58. The van der Waals surface area contributed by atoms with E-state index in [9.17, 15) is 5.11 Å². The molecule has 1 atom stereocenters. The number of hydrogen-bond donors (Lipinski definition) is 2. The topological polar surface area (TPSA) is 91.4 Å². The fraction of sp³-hybridized carbons (Fsp3) is 0.750. The molecule has 7 heteroatoms. The summed E-state index contributed by atoms with van der Waals surface area (Å²) in [5, 5.41) is 9.55. The number of nitrogens with two attached hydrogens (primary N) is 1. The Morgan fingerprint density at radius 1 is 1.26 bits per heavy atom. The van der Waals surface area contributed by atoms with Crippen molar-refractivity contribution in [3.63, 3.8) is 0 Å². The van der Waals surface area contributed by atoms with Crippen LogP contribution in [0.2, 0.25) is 0 Å². The van der Waals surface area contributed by atoms with Crippen molar-refractivity contribution in [1.29, 1.82) is 0 Å². The van der Waals surface area contributed by atoms with E-state index in [4.69, 9.17) is 5.73 Å². The van der Waals surface area contributed by atoms with E-state index in [1.807, 2.05) is 19.0 Å². The molecule has 0 radical (unpaired) electrons. The molecular formula is C12H22N6O. The van der Waals surface area contributed by atoms with Gasteiger partial charge in [0.2, 0.25) is 11.9 Å². The molecule has 0 aromatic carbocycles. The van der Waals surface area contributed by atoms with Gasteiger partial charge in [-0.1, -0.05) is 0 Å². The Kier molecular flexibility index (Phi) is 4.16. The Balaban J connectivity index is 2.16. The van der Waals surface area contributed by atoms with Crippen LogP contribution in [0.25, 0.3) is 0 Å². The van der Waals surface area contributed by atoms with Crippen molar-refractivity contribution in [2.24, 2.45) is 0 Å². The average molecular weight is 266 g/mol. The summed E-state index contributed by atoms with van der Waals surface area (Å²) in [7, 11) is 3.75. The van der Waals surface area contributed by atoms with Gasteiger partial charge in [-0.15, -0.1) is 0 Å². The van der Waals surface area contributed by atoms with E-state index in [1.165, 1.54) is 0 Å². The third-order valence-corrected chi connectivity index (χ3v) is 3.48. The van der Waals surface area contributed by atoms with Gasteiger partial charge in [0, 0.05) is 27.2 Å². The van der Waals surface area contributed by atoms with Gasteiger partial charge in [-0.25, -0.2) is 0 Å². The molecule has 1 aromatic rings. The lowest BCUT2D eigenvalue weighted by atomic mass is 10.1. The summed E-state index contributed by atoms with van der Waals surface area (Å²) in [5.74, 6) is 1.51. The second-order valence-electron chi connectivity index (χ2n) is 5.19. The maximum Gasteiger partial charge on any atom is 0.229 e. The monoisotopic (exact) mass is 266 g/mol. The molecule has 0 amide bonds. The highest BCUT2D eigenvalue weighted by molar-refractivity contribution is 5.33. The number of aliphatic hydroxyl groups is 1. The summed E-state index contributed by atoms with van der Waals surface area (Å²) in [5.41, 5.74) is 5.74. The number of anilines is 2. The third kappa shape index (κ3) is 3.30. The number of aliphatic hydroxyl groups excluding tert-OH is 1. The summed E-state index contributed by atoms with van der Waals surface area (Å²) in [6, 6.07) is 0.0801. The zero-order valence-electron chi connectivity index (χ0n) is 11.7. The number of likely N-dealkylation sites (tertiary alicyclic amines) is 1. The van der Waals surface area contributed by atoms with E-state index in [1.54, 1.807) is 0 Å². The standard InChI is InChI=1S/C12H22N6O/c1-8(18-6-4-9(19)5-7-18)10-14-11(13)16-12(15-10)17(2)3/h8-9,19H,4-7H2,1-3H3,(H2,13,14,15,16). The van der Waals surface area contributed by atoms with Crippen LogP contribution in [0.15, 0.2) is 0 Å². The molecule has 7 nitrogen and oxygen atoms in total. The van der Waals surface area contributed by atoms with Gasteiger partial charge in [-0.05, 0) is 19.8 Å². The van der Waals surface area contributed by atoms with Gasteiger partial charge in [0.15, 0.2) is 5.82 Å². The number of aromatic nitrogens is 3. The summed E-state index contributed by atoms with van der Waals surface area (Å²) >= 11 is 0. The Labute approximate surface area is 113 Å². The molecule has 0 saturated carbocycles. The molecule has 1 saturated heterocycles. The first-order chi connectivity index (χ1) is 8.97. The van der Waals surface area contributed by atoms with Crippen LogP contribution in [0.3, 0.4) is 0 Å². The minimum atomic E-state index is -0.177. The first kappa shape index (κ1) is 14.0. The van der Waals surface area contributed by atoms with Crippen LogP contribution in [0.1, 0.15) is 31.6 Å². The van der Waals surface area contributed by atoms with Crippen molar-refractivity contribution < 1.29 is 5.11 Å². The lowest BCUT2D eigenvalue weighted by molar-refractivity contribution is 0.0626. The van der Waals surface area contributed by atoms with Crippen LogP contribution in [-0.4, -0.2) is 58.2 Å². The Bertz CT molecular complexity index is 430. The van der Waals surface area contributed by atoms with Crippen LogP contribution < -0.4 is 10.6 Å². The molecule has 1 unspecified atom stereocenters. The second-order valence-corrected chi connectivity index (χ2v) is 5.19. The van der Waals surface area contributed by atoms with Gasteiger partial charge in [-0.2, -0.15) is 15.0 Å². The Morgan fingerprint density at radius 3 is 2.47 bits per heavy atom. The third-order valence-electron chi connectivity index (χ3n) is 3.48. The van der Waals surface area contributed by atoms with Crippen molar-refractivity contribution in [1.82, 2.24) is 19.9 Å². The summed E-state index contributed by atoms with van der Waals surface area (Å²) in [6.45, 7) is 3.77. The molecule has 3 N–H and O–H groups in total. The van der Waals surface area contributed by atoms with E-state index < -0.39 is 0 Å². The second kappa shape index (κ2) is 5.66. The zero-order chi connectivity index (χ0) is 14.0. The first-order valence-electron chi connectivity index (χ1n) is 6.58. The number of hydrogen-bond acceptors (Lipinski definition) is 7. The minimum Gasteiger partial charge on any atom is -0.393 e. The summed E-state index contributed by atoms with van der Waals surface area (Å²) in [6.07, 6.45) is 1.42. The lowest BCUT2D eigenvalue weighted by Gasteiger charge is -2.33. The van der Waals surface area contributed by atoms with Crippen LogP contribution in [0.4, 0.5) is 11.9 Å². The SMILES string of the molecule is CC(c1nc(N)nc(N(C)C)n1)N1CCC(O)CC1. The van der Waals surface area contributed by atoms with Crippen molar-refractivity contribution in [3.8, 4) is 0 Å². The van der Waals surface area contributed by atoms with E-state index >= 15 is 0 Å². The summed E-state index contributed by atoms with van der Waals surface area (Å²) < 4.78 is 0. The quantitative estimate of drug-likeness (QED) is 0.798. The minimum absolute atomic E-state index is 0.0801. The van der Waals surface area contributed by atoms with E-state index in [0.29, 0.717) is 11.8 Å². The zero-order valence-corrected chi connectivity index (χ0v) is 11.7. The predicted octanol–water partition coefficient (Wildman–Crippen LogP) is 0.0375. The number of nitrogens with zero attached hydrogens (tertiary/aromatic N) is 5. The Morgan fingerprint density at radius 2 is 1.89 bits per heavy atom. The molecule has 0 aliphatic carbocycles. The lowest BCUT2D eigenvalue weighted by Crippen LogP contribution is -2.38. The average Bonchev–Trinajstić information content (AvgIpc) is 2.38. The smallest absolute Gasteiger partial charge is 0.229 e. The van der Waals surface area contributed by atoms with Crippen molar-refractivity contribution >= 4 is 11.9 Å². The van der Waals surface area contributed by atoms with Crippen LogP contribution in [0.5, 0.6) is 0 Å². The molecule has 0 bridgehead atoms. The van der Waals surface area contributed by atoms with Gasteiger partial charge in [0.05, 0.1) is 12.1 Å². The van der Waals surface area contributed by atoms with Gasteiger partial charge >= 0.3 is 0 Å². The molecule has 1 fully saturated rings. The highest BCUT2D eigenvalue weighted by Gasteiger charge is 2.24. The van der Waals surface area contributed by atoms with Crippen LogP contribution in [0, 0.1) is 0 Å². The molecule has 1 aliphatic rings. The van der Waals surface area contributed by atoms with Crippen LogP contribution >= 0.6 is 0 Å². The largest absolute Gasteiger partial charge is 0.393 e. The highest BCUT2D eigenvalue weighted by Crippen LogP contribution is 2.23. The van der Waals surface area contributed by atoms with Crippen LogP contribution in [-0.2, 0) is 0 Å². The molecular weight excluding hydrogens is 244 g/mol. The normalized spacial score (nSPS) is 19.4. The number of rotatable bonds is 3. The maximum absolute atomic E-state index is 9.55. The van der Waals surface area contributed by atoms with Gasteiger partial charge in [-0.3, -0.25) is 4.90 Å².